The number of carbonyl (C=O) groups is 1. The van der Waals surface area contributed by atoms with Gasteiger partial charge in [-0.3, -0.25) is 4.79 Å². The van der Waals surface area contributed by atoms with Gasteiger partial charge in [-0.25, -0.2) is 4.68 Å². The molecule has 7 nitrogen and oxygen atoms in total. The van der Waals surface area contributed by atoms with Crippen LogP contribution in [0.15, 0.2) is 42.5 Å². The predicted molar refractivity (Wildman–Crippen MR) is 118 cm³/mol. The van der Waals surface area contributed by atoms with Crippen LogP contribution in [0.25, 0.3) is 5.69 Å². The first kappa shape index (κ1) is 21.2. The van der Waals surface area contributed by atoms with Crippen LogP contribution >= 0.6 is 0 Å². The Hall–Kier alpha value is -3.48. The SMILES string of the molecule is COc1cc(Nc2cc(C(C)(C)C)nn2-c2ccccc2C)c(C(N)=O)cc1OC. The van der Waals surface area contributed by atoms with E-state index in [0.29, 0.717) is 28.6 Å². The predicted octanol–water partition coefficient (Wildman–Crippen LogP) is 4.34. The molecule has 0 saturated heterocycles. The summed E-state index contributed by atoms with van der Waals surface area (Å²) < 4.78 is 12.6. The molecule has 0 radical (unpaired) electrons. The molecule has 3 aromatic rings. The summed E-state index contributed by atoms with van der Waals surface area (Å²) in [6, 6.07) is 13.2. The summed E-state index contributed by atoms with van der Waals surface area (Å²) in [5, 5.41) is 8.17. The number of nitrogens with one attached hydrogen (secondary N) is 1. The Bertz CT molecular complexity index is 1080. The maximum atomic E-state index is 12.1. The van der Waals surface area contributed by atoms with Gasteiger partial charge in [-0.2, -0.15) is 5.10 Å². The Morgan fingerprint density at radius 3 is 2.27 bits per heavy atom. The zero-order valence-corrected chi connectivity index (χ0v) is 18.2. The van der Waals surface area contributed by atoms with E-state index < -0.39 is 5.91 Å². The Kier molecular flexibility index (Phi) is 5.73. The van der Waals surface area contributed by atoms with Crippen molar-refractivity contribution in [3.63, 3.8) is 0 Å². The topological polar surface area (TPSA) is 91.4 Å². The standard InChI is InChI=1S/C23H28N4O3/c1-14-9-7-8-10-17(14)27-21(13-20(26-27)23(2,3)4)25-16-12-19(30-6)18(29-5)11-15(16)22(24)28/h7-13,25H,1-6H3,(H2,24,28). The number of ether oxygens (including phenoxy) is 2. The van der Waals surface area contributed by atoms with Crippen LogP contribution in [0.4, 0.5) is 11.5 Å². The molecule has 0 unspecified atom stereocenters. The molecule has 7 heteroatoms. The molecule has 3 rings (SSSR count). The third kappa shape index (κ3) is 4.10. The quantitative estimate of drug-likeness (QED) is 0.633. The minimum absolute atomic E-state index is 0.158. The summed E-state index contributed by atoms with van der Waals surface area (Å²) in [5.41, 5.74) is 9.21. The first-order valence-corrected chi connectivity index (χ1v) is 9.65. The molecule has 0 bridgehead atoms. The number of hydrogen-bond donors (Lipinski definition) is 2. The molecule has 0 atom stereocenters. The highest BCUT2D eigenvalue weighted by Gasteiger charge is 2.23. The van der Waals surface area contributed by atoms with Gasteiger partial charge < -0.3 is 20.5 Å². The number of para-hydroxylation sites is 1. The van der Waals surface area contributed by atoms with E-state index in [-0.39, 0.29) is 5.41 Å². The molecule has 1 heterocycles. The molecule has 1 amide bonds. The summed E-state index contributed by atoms with van der Waals surface area (Å²) in [4.78, 5) is 12.1. The van der Waals surface area contributed by atoms with Gasteiger partial charge in [0, 0.05) is 17.5 Å². The van der Waals surface area contributed by atoms with Crippen LogP contribution in [-0.4, -0.2) is 29.9 Å². The average Bonchev–Trinajstić information content (AvgIpc) is 3.11. The smallest absolute Gasteiger partial charge is 0.250 e. The number of carbonyl (C=O) groups excluding carboxylic acids is 1. The van der Waals surface area contributed by atoms with Crippen LogP contribution in [0.5, 0.6) is 11.5 Å². The lowest BCUT2D eigenvalue weighted by molar-refractivity contribution is 0.100. The Morgan fingerprint density at radius 2 is 1.70 bits per heavy atom. The van der Waals surface area contributed by atoms with Crippen molar-refractivity contribution < 1.29 is 14.3 Å². The zero-order chi connectivity index (χ0) is 22.1. The van der Waals surface area contributed by atoms with Crippen LogP contribution in [-0.2, 0) is 5.41 Å². The molecule has 1 aromatic heterocycles. The van der Waals surface area contributed by atoms with Gasteiger partial charge in [-0.05, 0) is 24.6 Å². The van der Waals surface area contributed by atoms with Crippen LogP contribution in [0.3, 0.4) is 0 Å². The number of hydrogen-bond acceptors (Lipinski definition) is 5. The fourth-order valence-electron chi connectivity index (χ4n) is 3.15. The molecule has 3 N–H and O–H groups in total. The Balaban J connectivity index is 2.18. The maximum Gasteiger partial charge on any atom is 0.250 e. The van der Waals surface area contributed by atoms with E-state index >= 15 is 0 Å². The Labute approximate surface area is 176 Å². The summed E-state index contributed by atoms with van der Waals surface area (Å²) in [5.74, 6) is 1.06. The number of rotatable bonds is 6. The van der Waals surface area contributed by atoms with Crippen molar-refractivity contribution in [1.82, 2.24) is 9.78 Å². The Morgan fingerprint density at radius 1 is 1.07 bits per heavy atom. The van der Waals surface area contributed by atoms with Gasteiger partial charge in [-0.1, -0.05) is 39.0 Å². The zero-order valence-electron chi connectivity index (χ0n) is 18.2. The number of aromatic nitrogens is 2. The molecular weight excluding hydrogens is 380 g/mol. The summed E-state index contributed by atoms with van der Waals surface area (Å²) in [7, 11) is 3.06. The van der Waals surface area contributed by atoms with Crippen LogP contribution < -0.4 is 20.5 Å². The molecular formula is C23H28N4O3. The third-order valence-electron chi connectivity index (χ3n) is 4.87. The van der Waals surface area contributed by atoms with Gasteiger partial charge in [-0.15, -0.1) is 0 Å². The number of anilines is 2. The molecule has 158 valence electrons. The van der Waals surface area contributed by atoms with Crippen LogP contribution in [0.1, 0.15) is 42.4 Å². The van der Waals surface area contributed by atoms with Crippen molar-refractivity contribution in [2.45, 2.75) is 33.1 Å². The van der Waals surface area contributed by atoms with Crippen molar-refractivity contribution in [2.75, 3.05) is 19.5 Å². The van der Waals surface area contributed by atoms with Crippen molar-refractivity contribution in [3.8, 4) is 17.2 Å². The lowest BCUT2D eigenvalue weighted by atomic mass is 9.92. The molecule has 0 saturated carbocycles. The number of benzene rings is 2. The van der Waals surface area contributed by atoms with Gasteiger partial charge in [0.25, 0.3) is 5.91 Å². The van der Waals surface area contributed by atoms with E-state index in [9.17, 15) is 4.79 Å². The number of primary amides is 1. The van der Waals surface area contributed by atoms with Gasteiger partial charge in [0.2, 0.25) is 0 Å². The van der Waals surface area contributed by atoms with Crippen molar-refractivity contribution in [1.29, 1.82) is 0 Å². The van der Waals surface area contributed by atoms with Gasteiger partial charge in [0.15, 0.2) is 11.5 Å². The first-order valence-electron chi connectivity index (χ1n) is 9.65. The molecule has 30 heavy (non-hydrogen) atoms. The van der Waals surface area contributed by atoms with Crippen molar-refractivity contribution >= 4 is 17.4 Å². The second-order valence-corrected chi connectivity index (χ2v) is 8.11. The van der Waals surface area contributed by atoms with Crippen LogP contribution in [0, 0.1) is 6.92 Å². The minimum atomic E-state index is -0.573. The highest BCUT2D eigenvalue weighted by molar-refractivity contribution is 6.00. The summed E-state index contributed by atoms with van der Waals surface area (Å²) in [6.45, 7) is 8.34. The minimum Gasteiger partial charge on any atom is -0.493 e. The van der Waals surface area contributed by atoms with Gasteiger partial charge in [0.1, 0.15) is 5.82 Å². The number of nitrogens with two attached hydrogens (primary N) is 1. The molecule has 0 spiro atoms. The molecule has 0 aliphatic carbocycles. The highest BCUT2D eigenvalue weighted by atomic mass is 16.5. The van der Waals surface area contributed by atoms with E-state index in [0.717, 1.165) is 16.9 Å². The summed E-state index contributed by atoms with van der Waals surface area (Å²) in [6.07, 6.45) is 0. The third-order valence-corrected chi connectivity index (χ3v) is 4.87. The number of amides is 1. The van der Waals surface area contributed by atoms with E-state index in [1.165, 1.54) is 7.11 Å². The second-order valence-electron chi connectivity index (χ2n) is 8.11. The molecule has 0 aliphatic heterocycles. The number of nitrogens with zero attached hydrogens (tertiary/aromatic N) is 2. The lowest BCUT2D eigenvalue weighted by Crippen LogP contribution is -2.15. The normalized spacial score (nSPS) is 11.3. The number of methoxy groups -OCH3 is 2. The lowest BCUT2D eigenvalue weighted by Gasteiger charge is -2.16. The fourth-order valence-corrected chi connectivity index (χ4v) is 3.15. The largest absolute Gasteiger partial charge is 0.493 e. The monoisotopic (exact) mass is 408 g/mol. The van der Waals surface area contributed by atoms with E-state index in [2.05, 4.69) is 26.1 Å². The number of aryl methyl sites for hydroxylation is 1. The van der Waals surface area contributed by atoms with E-state index in [1.54, 1.807) is 19.2 Å². The van der Waals surface area contributed by atoms with Crippen molar-refractivity contribution in [3.05, 3.63) is 59.3 Å². The van der Waals surface area contributed by atoms with Gasteiger partial charge in [0.05, 0.1) is 36.9 Å². The van der Waals surface area contributed by atoms with E-state index in [4.69, 9.17) is 20.3 Å². The molecule has 2 aromatic carbocycles. The molecule has 0 fully saturated rings. The summed E-state index contributed by atoms with van der Waals surface area (Å²) >= 11 is 0. The molecule has 0 aliphatic rings. The average molecular weight is 409 g/mol. The van der Waals surface area contributed by atoms with Crippen LogP contribution in [0.2, 0.25) is 0 Å². The fraction of sp³-hybridized carbons (Fsp3) is 0.304. The van der Waals surface area contributed by atoms with Gasteiger partial charge >= 0.3 is 0 Å². The van der Waals surface area contributed by atoms with Crippen molar-refractivity contribution in [2.24, 2.45) is 5.73 Å². The highest BCUT2D eigenvalue weighted by Crippen LogP contribution is 2.36. The second kappa shape index (κ2) is 8.10. The van der Waals surface area contributed by atoms with E-state index in [1.807, 2.05) is 41.9 Å². The first-order chi connectivity index (χ1) is 14.2. The maximum absolute atomic E-state index is 12.1.